The fraction of sp³-hybridized carbons (Fsp3) is 0.250. The maximum absolute atomic E-state index is 6.09. The first kappa shape index (κ1) is 18.8. The zero-order chi connectivity index (χ0) is 21.8. The molecule has 1 fully saturated rings. The van der Waals surface area contributed by atoms with Crippen LogP contribution in [0.25, 0.3) is 27.7 Å². The maximum atomic E-state index is 6.09. The molecule has 0 saturated heterocycles. The van der Waals surface area contributed by atoms with Gasteiger partial charge in [-0.15, -0.1) is 5.10 Å². The fourth-order valence-corrected chi connectivity index (χ4v) is 5.90. The second-order valence-corrected chi connectivity index (χ2v) is 9.38. The van der Waals surface area contributed by atoms with Gasteiger partial charge in [-0.2, -0.15) is 0 Å². The highest BCUT2D eigenvalue weighted by atomic mass is 16.5. The van der Waals surface area contributed by atoms with Gasteiger partial charge in [-0.3, -0.25) is 0 Å². The minimum absolute atomic E-state index is 0.114. The van der Waals surface area contributed by atoms with E-state index in [1.807, 2.05) is 29.0 Å². The molecule has 5 heteroatoms. The number of ether oxygens (including phenoxy) is 1. The summed E-state index contributed by atoms with van der Waals surface area (Å²) in [5.74, 6) is 1.51. The van der Waals surface area contributed by atoms with Gasteiger partial charge in [0, 0.05) is 16.5 Å². The van der Waals surface area contributed by atoms with Gasteiger partial charge in [0.15, 0.2) is 11.5 Å². The summed E-state index contributed by atoms with van der Waals surface area (Å²) in [6, 6.07) is 23.2. The number of hydrogen-bond acceptors (Lipinski definition) is 4. The van der Waals surface area contributed by atoms with Gasteiger partial charge >= 0.3 is 0 Å². The van der Waals surface area contributed by atoms with E-state index < -0.39 is 0 Å². The van der Waals surface area contributed by atoms with Crippen LogP contribution in [0.3, 0.4) is 0 Å². The molecule has 3 aromatic carbocycles. The number of fused-ring (bicyclic) bond motifs is 7. The van der Waals surface area contributed by atoms with Crippen LogP contribution < -0.4 is 4.74 Å². The van der Waals surface area contributed by atoms with E-state index in [9.17, 15) is 0 Å². The molecular weight excluding hydrogens is 408 g/mol. The van der Waals surface area contributed by atoms with Crippen LogP contribution >= 0.6 is 0 Å². The average molecular weight is 433 g/mol. The van der Waals surface area contributed by atoms with Crippen LogP contribution in [0, 0.1) is 0 Å². The third kappa shape index (κ3) is 2.95. The molecule has 2 aromatic heterocycles. The van der Waals surface area contributed by atoms with Crippen molar-refractivity contribution in [3.63, 3.8) is 0 Å². The summed E-state index contributed by atoms with van der Waals surface area (Å²) in [4.78, 5) is 9.88. The minimum atomic E-state index is 0.114. The molecule has 0 atom stereocenters. The Morgan fingerprint density at radius 2 is 1.73 bits per heavy atom. The van der Waals surface area contributed by atoms with Crippen molar-refractivity contribution >= 4 is 16.4 Å². The van der Waals surface area contributed by atoms with Gasteiger partial charge in [-0.1, -0.05) is 67.4 Å². The Balaban J connectivity index is 1.28. The third-order valence-electron chi connectivity index (χ3n) is 7.41. The van der Waals surface area contributed by atoms with E-state index in [1.54, 1.807) is 0 Å². The maximum Gasteiger partial charge on any atom is 0.189 e. The smallest absolute Gasteiger partial charge is 0.189 e. The number of benzene rings is 3. The van der Waals surface area contributed by atoms with E-state index >= 15 is 0 Å². The fourth-order valence-electron chi connectivity index (χ4n) is 5.90. The van der Waals surface area contributed by atoms with Crippen molar-refractivity contribution in [3.8, 4) is 17.0 Å². The summed E-state index contributed by atoms with van der Waals surface area (Å²) >= 11 is 0. The Hall–Kier alpha value is -3.73. The number of hydrogen-bond donors (Lipinski definition) is 0. The highest BCUT2D eigenvalue weighted by Crippen LogP contribution is 2.51. The molecule has 0 bridgehead atoms. The first-order chi connectivity index (χ1) is 16.3. The van der Waals surface area contributed by atoms with E-state index in [0.29, 0.717) is 12.4 Å². The van der Waals surface area contributed by atoms with Gasteiger partial charge in [-0.25, -0.2) is 14.5 Å². The lowest BCUT2D eigenvalue weighted by atomic mass is 9.68. The molecule has 33 heavy (non-hydrogen) atoms. The normalized spacial score (nSPS) is 16.2. The third-order valence-corrected chi connectivity index (χ3v) is 7.41. The molecular formula is C28H24N4O. The predicted molar refractivity (Wildman–Crippen MR) is 128 cm³/mol. The molecule has 2 heterocycles. The molecule has 5 nitrogen and oxygen atoms in total. The number of aromatic nitrogens is 4. The molecule has 0 unspecified atom stereocenters. The van der Waals surface area contributed by atoms with E-state index in [-0.39, 0.29) is 5.41 Å². The molecule has 162 valence electrons. The van der Waals surface area contributed by atoms with E-state index in [0.717, 1.165) is 28.9 Å². The van der Waals surface area contributed by atoms with Crippen LogP contribution in [-0.2, 0) is 18.4 Å². The zero-order valence-electron chi connectivity index (χ0n) is 18.4. The molecule has 0 radical (unpaired) electrons. The van der Waals surface area contributed by atoms with Crippen molar-refractivity contribution in [2.45, 2.75) is 44.1 Å². The van der Waals surface area contributed by atoms with Gasteiger partial charge < -0.3 is 4.74 Å². The highest BCUT2D eigenvalue weighted by molar-refractivity contribution is 5.83. The van der Waals surface area contributed by atoms with E-state index in [4.69, 9.17) is 19.8 Å². The quantitative estimate of drug-likeness (QED) is 0.357. The van der Waals surface area contributed by atoms with E-state index in [1.165, 1.54) is 47.8 Å². The summed E-state index contributed by atoms with van der Waals surface area (Å²) in [6.45, 7) is 0.332. The summed E-state index contributed by atoms with van der Waals surface area (Å²) in [6.07, 6.45) is 7.76. The van der Waals surface area contributed by atoms with Crippen LogP contribution in [0.15, 0.2) is 73.1 Å². The lowest BCUT2D eigenvalue weighted by Crippen LogP contribution is -2.31. The molecule has 0 amide bonds. The van der Waals surface area contributed by atoms with Crippen molar-refractivity contribution in [1.82, 2.24) is 19.6 Å². The van der Waals surface area contributed by atoms with Crippen molar-refractivity contribution in [1.29, 1.82) is 0 Å². The molecule has 0 aliphatic heterocycles. The molecule has 0 N–H and O–H groups in total. The predicted octanol–water partition coefficient (Wildman–Crippen LogP) is 5.89. The highest BCUT2D eigenvalue weighted by Gasteiger charge is 2.43. The van der Waals surface area contributed by atoms with Gasteiger partial charge in [-0.05, 0) is 47.7 Å². The standard InChI is InChI=1S/C28H24N4O/c1-2-8-20-15-22(12-11-19(20)7-1)33-17-24-30-27-25-26(29-18-32(27)31-24)23-10-4-3-9-21(23)16-28(25)13-5-6-14-28/h1-4,7-12,15,18H,5-6,13-14,16-17H2. The molecule has 1 spiro atoms. The lowest BCUT2D eigenvalue weighted by Gasteiger charge is -2.36. The van der Waals surface area contributed by atoms with Crippen molar-refractivity contribution in [3.05, 3.63) is 90.0 Å². The summed E-state index contributed by atoms with van der Waals surface area (Å²) in [7, 11) is 0. The first-order valence-corrected chi connectivity index (χ1v) is 11.7. The molecule has 2 aliphatic carbocycles. The average Bonchev–Trinajstić information content (AvgIpc) is 3.49. The SMILES string of the molecule is c1ccc2c(c1)CC1(CCCC1)c1c-2ncn2nc(COc3ccc4ccccc4c3)nc12. The number of nitrogens with zero attached hydrogens (tertiary/aromatic N) is 4. The summed E-state index contributed by atoms with van der Waals surface area (Å²) in [5.41, 5.74) is 6.07. The van der Waals surface area contributed by atoms with Crippen molar-refractivity contribution < 1.29 is 4.74 Å². The molecule has 1 saturated carbocycles. The largest absolute Gasteiger partial charge is 0.486 e. The van der Waals surface area contributed by atoms with E-state index in [2.05, 4.69) is 48.5 Å². The molecule has 5 aromatic rings. The Labute approximate surface area is 192 Å². The van der Waals surface area contributed by atoms with Crippen LogP contribution in [0.2, 0.25) is 0 Å². The lowest BCUT2D eigenvalue weighted by molar-refractivity contribution is 0.296. The van der Waals surface area contributed by atoms with Crippen LogP contribution in [0.5, 0.6) is 5.75 Å². The second-order valence-electron chi connectivity index (χ2n) is 9.38. The Kier molecular flexibility index (Phi) is 4.07. The Morgan fingerprint density at radius 1 is 0.909 bits per heavy atom. The van der Waals surface area contributed by atoms with Crippen LogP contribution in [0.4, 0.5) is 0 Å². The van der Waals surface area contributed by atoms with Gasteiger partial charge in [0.1, 0.15) is 18.7 Å². The number of rotatable bonds is 3. The molecule has 7 rings (SSSR count). The van der Waals surface area contributed by atoms with Crippen molar-refractivity contribution in [2.75, 3.05) is 0 Å². The van der Waals surface area contributed by atoms with Gasteiger partial charge in [0.05, 0.1) is 5.69 Å². The Morgan fingerprint density at radius 3 is 2.64 bits per heavy atom. The second kappa shape index (κ2) is 7.14. The first-order valence-electron chi connectivity index (χ1n) is 11.7. The van der Waals surface area contributed by atoms with Gasteiger partial charge in [0.25, 0.3) is 0 Å². The Bertz CT molecular complexity index is 1510. The summed E-state index contributed by atoms with van der Waals surface area (Å²) < 4.78 is 7.94. The van der Waals surface area contributed by atoms with Gasteiger partial charge in [0.2, 0.25) is 0 Å². The zero-order valence-corrected chi connectivity index (χ0v) is 18.4. The van der Waals surface area contributed by atoms with Crippen molar-refractivity contribution in [2.24, 2.45) is 0 Å². The minimum Gasteiger partial charge on any atom is -0.486 e. The van der Waals surface area contributed by atoms with Crippen LogP contribution in [-0.4, -0.2) is 19.6 Å². The topological polar surface area (TPSA) is 52.3 Å². The molecule has 2 aliphatic rings. The monoisotopic (exact) mass is 432 g/mol. The van der Waals surface area contributed by atoms with Crippen LogP contribution in [0.1, 0.15) is 42.6 Å². The summed E-state index contributed by atoms with van der Waals surface area (Å²) in [5, 5.41) is 7.10.